The van der Waals surface area contributed by atoms with Gasteiger partial charge in [-0.1, -0.05) is 5.16 Å². The Kier molecular flexibility index (Phi) is 5.20. The van der Waals surface area contributed by atoms with E-state index in [4.69, 9.17) is 4.52 Å². The van der Waals surface area contributed by atoms with Crippen LogP contribution in [0.25, 0.3) is 11.4 Å². The largest absolute Gasteiger partial charge is 0.339 e. The average molecular weight is 332 g/mol. The number of rotatable bonds is 5. The van der Waals surface area contributed by atoms with E-state index in [0.717, 1.165) is 19.6 Å². The first-order chi connectivity index (χ1) is 11.6. The van der Waals surface area contributed by atoms with Crippen molar-refractivity contribution in [2.24, 2.45) is 0 Å². The summed E-state index contributed by atoms with van der Waals surface area (Å²) in [4.78, 5) is 18.5. The molecule has 128 valence electrons. The number of nitrogens with one attached hydrogen (secondary N) is 1. The first kappa shape index (κ1) is 16.6. The summed E-state index contributed by atoms with van der Waals surface area (Å²) in [5, 5.41) is 7.18. The average Bonchev–Trinajstić information content (AvgIpc) is 3.04. The summed E-state index contributed by atoms with van der Waals surface area (Å²) < 4.78 is 18.1. The zero-order chi connectivity index (χ0) is 16.9. The van der Waals surface area contributed by atoms with Gasteiger partial charge in [-0.15, -0.1) is 0 Å². The Morgan fingerprint density at radius 2 is 2.21 bits per heavy atom. The molecule has 3 rings (SSSR count). The molecule has 1 N–H and O–H groups in total. The molecule has 2 heterocycles. The number of carbonyl (C=O) groups is 1. The van der Waals surface area contributed by atoms with Gasteiger partial charge < -0.3 is 14.7 Å². The van der Waals surface area contributed by atoms with Crippen LogP contribution in [-0.2, 0) is 11.2 Å². The number of aromatic nitrogens is 2. The Morgan fingerprint density at radius 1 is 1.42 bits per heavy atom. The molecule has 1 amide bonds. The van der Waals surface area contributed by atoms with Gasteiger partial charge in [0.05, 0.1) is 0 Å². The third-order valence-electron chi connectivity index (χ3n) is 4.17. The molecule has 1 atom stereocenters. The number of piperazine rings is 1. The molecular formula is C17H21FN4O2. The second-order valence-electron chi connectivity index (χ2n) is 6.01. The van der Waals surface area contributed by atoms with Crippen LogP contribution in [-0.4, -0.2) is 46.6 Å². The van der Waals surface area contributed by atoms with Crippen molar-refractivity contribution in [1.82, 2.24) is 20.4 Å². The van der Waals surface area contributed by atoms with Gasteiger partial charge in [-0.3, -0.25) is 4.79 Å². The fourth-order valence-corrected chi connectivity index (χ4v) is 2.82. The van der Waals surface area contributed by atoms with Crippen LogP contribution in [0.5, 0.6) is 0 Å². The highest BCUT2D eigenvalue weighted by Crippen LogP contribution is 2.17. The summed E-state index contributed by atoms with van der Waals surface area (Å²) in [5.41, 5.74) is 0.706. The van der Waals surface area contributed by atoms with E-state index in [1.165, 1.54) is 12.1 Å². The van der Waals surface area contributed by atoms with Gasteiger partial charge in [-0.2, -0.15) is 4.98 Å². The van der Waals surface area contributed by atoms with Gasteiger partial charge in [-0.25, -0.2) is 4.39 Å². The molecule has 0 saturated carbocycles. The molecule has 1 aromatic heterocycles. The van der Waals surface area contributed by atoms with Gasteiger partial charge >= 0.3 is 0 Å². The number of carbonyl (C=O) groups excluding carboxylic acids is 1. The summed E-state index contributed by atoms with van der Waals surface area (Å²) in [6, 6.07) is 6.18. The maximum atomic E-state index is 12.9. The van der Waals surface area contributed by atoms with Gasteiger partial charge in [0.2, 0.25) is 17.6 Å². The minimum Gasteiger partial charge on any atom is -0.339 e. The number of halogens is 1. The topological polar surface area (TPSA) is 71.3 Å². The molecule has 0 bridgehead atoms. The lowest BCUT2D eigenvalue weighted by Gasteiger charge is -2.34. The number of aryl methyl sites for hydroxylation is 1. The van der Waals surface area contributed by atoms with E-state index >= 15 is 0 Å². The molecule has 1 aliphatic rings. The normalized spacial score (nSPS) is 17.9. The lowest BCUT2D eigenvalue weighted by Crippen LogP contribution is -2.52. The third kappa shape index (κ3) is 3.97. The second-order valence-corrected chi connectivity index (χ2v) is 6.01. The van der Waals surface area contributed by atoms with Crippen molar-refractivity contribution in [1.29, 1.82) is 0 Å². The second kappa shape index (κ2) is 7.53. The van der Waals surface area contributed by atoms with Gasteiger partial charge in [0.1, 0.15) is 5.82 Å². The summed E-state index contributed by atoms with van der Waals surface area (Å²) in [7, 11) is 0. The quantitative estimate of drug-likeness (QED) is 0.907. The minimum absolute atomic E-state index is 0.169. The summed E-state index contributed by atoms with van der Waals surface area (Å²) in [6.45, 7) is 4.50. The van der Waals surface area contributed by atoms with Crippen LogP contribution in [0.4, 0.5) is 4.39 Å². The summed E-state index contributed by atoms with van der Waals surface area (Å²) in [5.74, 6) is 0.799. The molecule has 0 radical (unpaired) electrons. The molecule has 6 nitrogen and oxygen atoms in total. The summed E-state index contributed by atoms with van der Waals surface area (Å²) >= 11 is 0. The Morgan fingerprint density at radius 3 is 2.96 bits per heavy atom. The molecule has 1 unspecified atom stereocenters. The van der Waals surface area contributed by atoms with Crippen molar-refractivity contribution in [3.8, 4) is 11.4 Å². The van der Waals surface area contributed by atoms with Crippen molar-refractivity contribution in [2.75, 3.05) is 19.6 Å². The van der Waals surface area contributed by atoms with E-state index in [1.807, 2.05) is 4.90 Å². The van der Waals surface area contributed by atoms with Gasteiger partial charge in [0, 0.05) is 44.1 Å². The lowest BCUT2D eigenvalue weighted by atomic mass is 10.1. The van der Waals surface area contributed by atoms with Crippen LogP contribution >= 0.6 is 0 Å². The molecule has 1 aliphatic heterocycles. The maximum Gasteiger partial charge on any atom is 0.226 e. The van der Waals surface area contributed by atoms with Gasteiger partial charge in [-0.05, 0) is 37.6 Å². The SMILES string of the molecule is CC1CNCCN1C(=O)CCCc1nc(-c2ccc(F)cc2)no1. The number of hydrogen-bond donors (Lipinski definition) is 1. The molecule has 1 aromatic carbocycles. The van der Waals surface area contributed by atoms with Gasteiger partial charge in [0.15, 0.2) is 0 Å². The monoisotopic (exact) mass is 332 g/mol. The van der Waals surface area contributed by atoms with Crippen molar-refractivity contribution >= 4 is 5.91 Å². The fourth-order valence-electron chi connectivity index (χ4n) is 2.82. The number of amides is 1. The predicted molar refractivity (Wildman–Crippen MR) is 86.7 cm³/mol. The molecule has 1 saturated heterocycles. The van der Waals surface area contributed by atoms with E-state index < -0.39 is 0 Å². The van der Waals surface area contributed by atoms with Crippen molar-refractivity contribution in [3.63, 3.8) is 0 Å². The highest BCUT2D eigenvalue weighted by Gasteiger charge is 2.22. The number of hydrogen-bond acceptors (Lipinski definition) is 5. The molecule has 0 aliphatic carbocycles. The Labute approximate surface area is 140 Å². The zero-order valence-electron chi connectivity index (χ0n) is 13.7. The molecule has 2 aromatic rings. The maximum absolute atomic E-state index is 12.9. The molecule has 0 spiro atoms. The van der Waals surface area contributed by atoms with E-state index in [-0.39, 0.29) is 17.8 Å². The molecule has 24 heavy (non-hydrogen) atoms. The Balaban J connectivity index is 1.50. The van der Waals surface area contributed by atoms with Crippen LogP contribution in [0.15, 0.2) is 28.8 Å². The smallest absolute Gasteiger partial charge is 0.226 e. The van der Waals surface area contributed by atoms with E-state index in [1.54, 1.807) is 12.1 Å². The first-order valence-electron chi connectivity index (χ1n) is 8.22. The van der Waals surface area contributed by atoms with Gasteiger partial charge in [0.25, 0.3) is 0 Å². The molecule has 7 heteroatoms. The van der Waals surface area contributed by atoms with Crippen LogP contribution < -0.4 is 5.32 Å². The first-order valence-corrected chi connectivity index (χ1v) is 8.22. The van der Waals surface area contributed by atoms with Crippen molar-refractivity contribution in [2.45, 2.75) is 32.2 Å². The van der Waals surface area contributed by atoms with Crippen LogP contribution in [0.2, 0.25) is 0 Å². The van der Waals surface area contributed by atoms with Crippen LogP contribution in [0, 0.1) is 5.82 Å². The minimum atomic E-state index is -0.303. The van der Waals surface area contributed by atoms with Crippen LogP contribution in [0.1, 0.15) is 25.7 Å². The van der Waals surface area contributed by atoms with E-state index in [9.17, 15) is 9.18 Å². The lowest BCUT2D eigenvalue weighted by molar-refractivity contribution is -0.134. The number of nitrogens with zero attached hydrogens (tertiary/aromatic N) is 3. The zero-order valence-corrected chi connectivity index (χ0v) is 13.7. The Hall–Kier alpha value is -2.28. The standard InChI is InChI=1S/C17H21FN4O2/c1-12-11-19-9-10-22(12)16(23)4-2-3-15-20-17(21-24-15)13-5-7-14(18)8-6-13/h5-8,12,19H,2-4,9-11H2,1H3. The number of benzene rings is 1. The van der Waals surface area contributed by atoms with E-state index in [0.29, 0.717) is 36.5 Å². The van der Waals surface area contributed by atoms with Crippen molar-refractivity contribution < 1.29 is 13.7 Å². The highest BCUT2D eigenvalue weighted by molar-refractivity contribution is 5.76. The molecular weight excluding hydrogens is 311 g/mol. The summed E-state index contributed by atoms with van der Waals surface area (Å²) in [6.07, 6.45) is 1.69. The molecule has 1 fully saturated rings. The third-order valence-corrected chi connectivity index (χ3v) is 4.17. The fraction of sp³-hybridized carbons (Fsp3) is 0.471. The van der Waals surface area contributed by atoms with Crippen molar-refractivity contribution in [3.05, 3.63) is 36.0 Å². The Bertz CT molecular complexity index is 686. The predicted octanol–water partition coefficient (Wildman–Crippen LogP) is 2.02. The highest BCUT2D eigenvalue weighted by atomic mass is 19.1. The van der Waals surface area contributed by atoms with Crippen LogP contribution in [0.3, 0.4) is 0 Å². The van der Waals surface area contributed by atoms with E-state index in [2.05, 4.69) is 22.4 Å².